The van der Waals surface area contributed by atoms with Crippen LogP contribution in [0.4, 0.5) is 0 Å². The third-order valence-corrected chi connectivity index (χ3v) is 3.54. The van der Waals surface area contributed by atoms with Crippen LogP contribution < -0.4 is 5.32 Å². The Labute approximate surface area is 135 Å². The molecule has 1 aliphatic rings. The molecule has 4 nitrogen and oxygen atoms in total. The lowest BCUT2D eigenvalue weighted by atomic mass is 10.2. The van der Waals surface area contributed by atoms with E-state index in [1.54, 1.807) is 12.1 Å². The molecule has 0 aliphatic carbocycles. The molecule has 1 fully saturated rings. The van der Waals surface area contributed by atoms with E-state index in [-0.39, 0.29) is 18.2 Å². The Balaban J connectivity index is 1.47. The maximum atomic E-state index is 12.1. The number of hydrogen-bond acceptors (Lipinski definition) is 3. The van der Waals surface area contributed by atoms with Gasteiger partial charge < -0.3 is 14.8 Å². The van der Waals surface area contributed by atoms with Gasteiger partial charge in [0.15, 0.2) is 6.29 Å². The number of ether oxygens (including phenoxy) is 2. The minimum atomic E-state index is -0.375. The molecule has 1 heterocycles. The summed E-state index contributed by atoms with van der Waals surface area (Å²) in [5, 5.41) is 2.92. The van der Waals surface area contributed by atoms with Crippen molar-refractivity contribution in [3.05, 3.63) is 77.9 Å². The Morgan fingerprint density at radius 1 is 0.957 bits per heavy atom. The van der Waals surface area contributed by atoms with E-state index >= 15 is 0 Å². The van der Waals surface area contributed by atoms with Gasteiger partial charge in [0.05, 0.1) is 19.3 Å². The summed E-state index contributed by atoms with van der Waals surface area (Å²) < 4.78 is 11.3. The summed E-state index contributed by atoms with van der Waals surface area (Å²) in [7, 11) is 0. The Morgan fingerprint density at radius 2 is 1.57 bits per heavy atom. The highest BCUT2D eigenvalue weighted by Gasteiger charge is 2.22. The average Bonchev–Trinajstić information content (AvgIpc) is 2.63. The number of benzene rings is 2. The molecule has 1 saturated heterocycles. The summed E-state index contributed by atoms with van der Waals surface area (Å²) in [4.78, 5) is 12.1. The molecular weight excluding hydrogens is 290 g/mol. The molecule has 1 N–H and O–H groups in total. The number of carbonyl (C=O) groups is 1. The van der Waals surface area contributed by atoms with Crippen molar-refractivity contribution in [2.45, 2.75) is 12.3 Å². The normalized spacial score (nSPS) is 21.2. The molecule has 118 valence electrons. The van der Waals surface area contributed by atoms with Crippen molar-refractivity contribution in [2.24, 2.45) is 0 Å². The van der Waals surface area contributed by atoms with Crippen LogP contribution >= 0.6 is 0 Å². The summed E-state index contributed by atoms with van der Waals surface area (Å²) in [6, 6.07) is 19.0. The zero-order chi connectivity index (χ0) is 15.9. The van der Waals surface area contributed by atoms with Crippen molar-refractivity contribution in [3.63, 3.8) is 0 Å². The van der Waals surface area contributed by atoms with Crippen LogP contribution in [0, 0.1) is 0 Å². The Bertz CT molecular complexity index is 647. The van der Waals surface area contributed by atoms with E-state index in [4.69, 9.17) is 9.47 Å². The largest absolute Gasteiger partial charge is 0.347 e. The molecule has 23 heavy (non-hydrogen) atoms. The molecule has 3 rings (SSSR count). The lowest BCUT2D eigenvalue weighted by molar-refractivity contribution is -0.160. The summed E-state index contributed by atoms with van der Waals surface area (Å²) in [5.41, 5.74) is 1.73. The van der Waals surface area contributed by atoms with Gasteiger partial charge in [0.2, 0.25) is 0 Å². The highest BCUT2D eigenvalue weighted by Crippen LogP contribution is 2.10. The topological polar surface area (TPSA) is 47.6 Å². The van der Waals surface area contributed by atoms with Crippen LogP contribution in [0.5, 0.6) is 0 Å². The third kappa shape index (κ3) is 4.52. The first-order valence-electron chi connectivity index (χ1n) is 7.63. The van der Waals surface area contributed by atoms with E-state index in [0.717, 1.165) is 5.56 Å². The molecule has 0 spiro atoms. The predicted molar refractivity (Wildman–Crippen MR) is 88.9 cm³/mol. The van der Waals surface area contributed by atoms with E-state index in [0.29, 0.717) is 18.8 Å². The van der Waals surface area contributed by atoms with Crippen molar-refractivity contribution in [2.75, 3.05) is 13.2 Å². The first kappa shape index (κ1) is 15.5. The van der Waals surface area contributed by atoms with Gasteiger partial charge in [-0.05, 0) is 23.8 Å². The van der Waals surface area contributed by atoms with Crippen LogP contribution in [0.15, 0.2) is 66.7 Å². The predicted octanol–water partition coefficient (Wildman–Crippen LogP) is 2.87. The van der Waals surface area contributed by atoms with Gasteiger partial charge in [-0.25, -0.2) is 0 Å². The van der Waals surface area contributed by atoms with Crippen molar-refractivity contribution in [3.8, 4) is 0 Å². The van der Waals surface area contributed by atoms with E-state index in [1.807, 2.05) is 60.7 Å². The van der Waals surface area contributed by atoms with Gasteiger partial charge in [-0.2, -0.15) is 0 Å². The summed E-state index contributed by atoms with van der Waals surface area (Å²) in [5.74, 6) is -0.110. The zero-order valence-electron chi connectivity index (χ0n) is 12.7. The van der Waals surface area contributed by atoms with Gasteiger partial charge in [0.1, 0.15) is 0 Å². The lowest BCUT2D eigenvalue weighted by Crippen LogP contribution is -2.46. The number of hydrogen-bond donors (Lipinski definition) is 1. The molecule has 4 heteroatoms. The first-order valence-corrected chi connectivity index (χ1v) is 7.63. The van der Waals surface area contributed by atoms with Gasteiger partial charge in [0, 0.05) is 5.56 Å². The molecule has 0 aromatic heterocycles. The number of nitrogens with one attached hydrogen (secondary N) is 1. The minimum Gasteiger partial charge on any atom is -0.347 e. The first-order chi connectivity index (χ1) is 11.3. The third-order valence-electron chi connectivity index (χ3n) is 3.54. The number of amides is 1. The van der Waals surface area contributed by atoms with E-state index in [1.165, 1.54) is 0 Å². The fraction of sp³-hybridized carbons (Fsp3) is 0.211. The summed E-state index contributed by atoms with van der Waals surface area (Å²) >= 11 is 0. The highest BCUT2D eigenvalue weighted by atomic mass is 16.7. The van der Waals surface area contributed by atoms with Crippen LogP contribution in [0.2, 0.25) is 0 Å². The molecule has 0 atom stereocenters. The quantitative estimate of drug-likeness (QED) is 0.944. The van der Waals surface area contributed by atoms with Crippen LogP contribution in [-0.4, -0.2) is 31.5 Å². The molecule has 0 unspecified atom stereocenters. The number of rotatable bonds is 4. The molecule has 1 amide bonds. The van der Waals surface area contributed by atoms with Crippen molar-refractivity contribution >= 4 is 12.0 Å². The Hall–Kier alpha value is -2.43. The summed E-state index contributed by atoms with van der Waals surface area (Å²) in [6.07, 6.45) is 3.47. The van der Waals surface area contributed by atoms with Crippen LogP contribution in [-0.2, 0) is 9.47 Å². The molecule has 0 bridgehead atoms. The van der Waals surface area contributed by atoms with Crippen LogP contribution in [0.25, 0.3) is 6.08 Å². The van der Waals surface area contributed by atoms with E-state index in [2.05, 4.69) is 5.32 Å². The number of carbonyl (C=O) groups excluding carboxylic acids is 1. The molecule has 2 aromatic rings. The van der Waals surface area contributed by atoms with Gasteiger partial charge in [-0.1, -0.05) is 54.6 Å². The SMILES string of the molecule is O=C(NC1COC(C=Cc2ccccc2)OC1)c1ccccc1. The molecule has 2 aromatic carbocycles. The van der Waals surface area contributed by atoms with Gasteiger partial charge >= 0.3 is 0 Å². The lowest BCUT2D eigenvalue weighted by Gasteiger charge is -2.28. The second kappa shape index (κ2) is 7.72. The van der Waals surface area contributed by atoms with Crippen molar-refractivity contribution in [1.82, 2.24) is 5.32 Å². The Morgan fingerprint density at radius 3 is 2.22 bits per heavy atom. The van der Waals surface area contributed by atoms with Crippen molar-refractivity contribution in [1.29, 1.82) is 0 Å². The average molecular weight is 309 g/mol. The van der Waals surface area contributed by atoms with Crippen LogP contribution in [0.1, 0.15) is 15.9 Å². The maximum absolute atomic E-state index is 12.1. The van der Waals surface area contributed by atoms with E-state index < -0.39 is 0 Å². The second-order valence-electron chi connectivity index (χ2n) is 5.34. The van der Waals surface area contributed by atoms with Gasteiger partial charge in [-0.15, -0.1) is 0 Å². The summed E-state index contributed by atoms with van der Waals surface area (Å²) in [6.45, 7) is 0.866. The molecule has 0 radical (unpaired) electrons. The second-order valence-corrected chi connectivity index (χ2v) is 5.34. The van der Waals surface area contributed by atoms with Crippen LogP contribution in [0.3, 0.4) is 0 Å². The smallest absolute Gasteiger partial charge is 0.251 e. The Kier molecular flexibility index (Phi) is 5.19. The maximum Gasteiger partial charge on any atom is 0.251 e. The zero-order valence-corrected chi connectivity index (χ0v) is 12.7. The molecular formula is C19H19NO3. The van der Waals surface area contributed by atoms with E-state index in [9.17, 15) is 4.79 Å². The van der Waals surface area contributed by atoms with Gasteiger partial charge in [0.25, 0.3) is 5.91 Å². The minimum absolute atomic E-state index is 0.110. The fourth-order valence-electron chi connectivity index (χ4n) is 2.32. The monoisotopic (exact) mass is 309 g/mol. The standard InChI is InChI=1S/C19H19NO3/c21-19(16-9-5-2-6-10-16)20-17-13-22-18(23-14-17)12-11-15-7-3-1-4-8-15/h1-12,17-18H,13-14H2,(H,20,21). The van der Waals surface area contributed by atoms with Crippen molar-refractivity contribution < 1.29 is 14.3 Å². The van der Waals surface area contributed by atoms with Gasteiger partial charge in [-0.3, -0.25) is 4.79 Å². The molecule has 1 aliphatic heterocycles. The fourth-order valence-corrected chi connectivity index (χ4v) is 2.32. The highest BCUT2D eigenvalue weighted by molar-refractivity contribution is 5.94. The molecule has 0 saturated carbocycles.